The van der Waals surface area contributed by atoms with Gasteiger partial charge in [0.15, 0.2) is 0 Å². The zero-order chi connectivity index (χ0) is 13.5. The van der Waals surface area contributed by atoms with Crippen LogP contribution in [0.25, 0.3) is 0 Å². The third-order valence-electron chi connectivity index (χ3n) is 2.72. The van der Waals surface area contributed by atoms with Crippen LogP contribution in [0.4, 0.5) is 5.82 Å². The molecular formula is C15H19N3O. The molecule has 0 amide bonds. The maximum Gasteiger partial charge on any atom is 0.239 e. The van der Waals surface area contributed by atoms with E-state index in [2.05, 4.69) is 41.3 Å². The van der Waals surface area contributed by atoms with Crippen molar-refractivity contribution in [1.82, 2.24) is 9.97 Å². The summed E-state index contributed by atoms with van der Waals surface area (Å²) in [4.78, 5) is 8.47. The fraction of sp³-hybridized carbons (Fsp3) is 0.333. The van der Waals surface area contributed by atoms with Gasteiger partial charge in [-0.25, -0.2) is 0 Å². The van der Waals surface area contributed by atoms with Gasteiger partial charge in [0.05, 0.1) is 12.4 Å². The first-order valence-electron chi connectivity index (χ1n) is 6.64. The fourth-order valence-corrected chi connectivity index (χ4v) is 1.65. The van der Waals surface area contributed by atoms with E-state index in [1.165, 1.54) is 5.56 Å². The van der Waals surface area contributed by atoms with Crippen LogP contribution in [-0.2, 0) is 6.42 Å². The van der Waals surface area contributed by atoms with Crippen LogP contribution >= 0.6 is 0 Å². The van der Waals surface area contributed by atoms with E-state index in [0.717, 1.165) is 31.0 Å². The van der Waals surface area contributed by atoms with E-state index in [1.54, 1.807) is 12.4 Å². The van der Waals surface area contributed by atoms with Crippen molar-refractivity contribution in [2.45, 2.75) is 26.7 Å². The van der Waals surface area contributed by atoms with E-state index in [1.807, 2.05) is 12.1 Å². The molecule has 100 valence electrons. The van der Waals surface area contributed by atoms with Crippen LogP contribution in [-0.4, -0.2) is 16.5 Å². The van der Waals surface area contributed by atoms with Gasteiger partial charge in [0.1, 0.15) is 11.6 Å². The molecule has 0 spiro atoms. The Morgan fingerprint density at radius 1 is 1.11 bits per heavy atom. The molecule has 2 aromatic rings. The Kier molecular flexibility index (Phi) is 4.72. The molecule has 0 bridgehead atoms. The molecule has 2 rings (SSSR count). The molecule has 0 saturated carbocycles. The number of hydrogen-bond donors (Lipinski definition) is 1. The van der Waals surface area contributed by atoms with Gasteiger partial charge < -0.3 is 10.1 Å². The normalized spacial score (nSPS) is 10.2. The van der Waals surface area contributed by atoms with Crippen LogP contribution in [0.5, 0.6) is 11.6 Å². The highest BCUT2D eigenvalue weighted by Gasteiger charge is 2.01. The van der Waals surface area contributed by atoms with Crippen LogP contribution in [0, 0.1) is 0 Å². The van der Waals surface area contributed by atoms with E-state index in [9.17, 15) is 0 Å². The maximum atomic E-state index is 5.68. The molecule has 0 aliphatic carbocycles. The van der Waals surface area contributed by atoms with Gasteiger partial charge in [-0.1, -0.05) is 26.0 Å². The molecule has 0 unspecified atom stereocenters. The van der Waals surface area contributed by atoms with Crippen molar-refractivity contribution >= 4 is 5.82 Å². The van der Waals surface area contributed by atoms with Gasteiger partial charge >= 0.3 is 0 Å². The van der Waals surface area contributed by atoms with Gasteiger partial charge in [-0.15, -0.1) is 0 Å². The Labute approximate surface area is 113 Å². The second-order valence-electron chi connectivity index (χ2n) is 4.27. The zero-order valence-electron chi connectivity index (χ0n) is 11.4. The molecular weight excluding hydrogens is 238 g/mol. The Bertz CT molecular complexity index is 511. The number of aromatic nitrogens is 2. The molecule has 1 aromatic carbocycles. The number of nitrogens with one attached hydrogen (secondary N) is 1. The summed E-state index contributed by atoms with van der Waals surface area (Å²) in [6.45, 7) is 5.11. The van der Waals surface area contributed by atoms with Gasteiger partial charge in [-0.05, 0) is 30.5 Å². The Morgan fingerprint density at radius 2 is 1.89 bits per heavy atom. The van der Waals surface area contributed by atoms with Crippen molar-refractivity contribution in [2.75, 3.05) is 11.9 Å². The summed E-state index contributed by atoms with van der Waals surface area (Å²) in [6, 6.07) is 8.02. The smallest absolute Gasteiger partial charge is 0.239 e. The molecule has 0 saturated heterocycles. The monoisotopic (exact) mass is 257 g/mol. The van der Waals surface area contributed by atoms with Crippen molar-refractivity contribution in [2.24, 2.45) is 0 Å². The highest BCUT2D eigenvalue weighted by molar-refractivity contribution is 5.35. The number of anilines is 1. The lowest BCUT2D eigenvalue weighted by Crippen LogP contribution is -2.02. The predicted molar refractivity (Wildman–Crippen MR) is 76.7 cm³/mol. The number of rotatable bonds is 6. The number of benzene rings is 1. The van der Waals surface area contributed by atoms with Gasteiger partial charge in [0, 0.05) is 6.54 Å². The third-order valence-corrected chi connectivity index (χ3v) is 2.72. The molecule has 1 aromatic heterocycles. The lowest BCUT2D eigenvalue weighted by Gasteiger charge is -2.07. The van der Waals surface area contributed by atoms with Crippen LogP contribution in [0.15, 0.2) is 36.7 Å². The van der Waals surface area contributed by atoms with Gasteiger partial charge in [-0.3, -0.25) is 4.98 Å². The molecule has 1 heterocycles. The molecule has 19 heavy (non-hydrogen) atoms. The Hall–Kier alpha value is -2.10. The summed E-state index contributed by atoms with van der Waals surface area (Å²) in [5, 5.41) is 3.19. The fourth-order valence-electron chi connectivity index (χ4n) is 1.65. The van der Waals surface area contributed by atoms with E-state index < -0.39 is 0 Å². The first-order chi connectivity index (χ1) is 9.31. The summed E-state index contributed by atoms with van der Waals surface area (Å²) >= 11 is 0. The maximum absolute atomic E-state index is 5.68. The van der Waals surface area contributed by atoms with Gasteiger partial charge in [0.25, 0.3) is 0 Å². The standard InChI is InChI=1S/C15H19N3O/c1-3-9-17-14-10-16-11-15(18-14)19-13-7-5-12(4-2)6-8-13/h5-8,10-11H,3-4,9H2,1-2H3,(H,17,18). The quantitative estimate of drug-likeness (QED) is 0.858. The first kappa shape index (κ1) is 13.3. The Morgan fingerprint density at radius 3 is 2.58 bits per heavy atom. The second kappa shape index (κ2) is 6.73. The van der Waals surface area contributed by atoms with Crippen molar-refractivity contribution < 1.29 is 4.74 Å². The van der Waals surface area contributed by atoms with Crippen LogP contribution < -0.4 is 10.1 Å². The first-order valence-corrected chi connectivity index (χ1v) is 6.64. The average Bonchev–Trinajstić information content (AvgIpc) is 2.46. The van der Waals surface area contributed by atoms with E-state index in [0.29, 0.717) is 5.88 Å². The van der Waals surface area contributed by atoms with Crippen LogP contribution in [0.1, 0.15) is 25.8 Å². The van der Waals surface area contributed by atoms with Crippen molar-refractivity contribution in [3.63, 3.8) is 0 Å². The van der Waals surface area contributed by atoms with Crippen LogP contribution in [0.2, 0.25) is 0 Å². The van der Waals surface area contributed by atoms with Crippen LogP contribution in [0.3, 0.4) is 0 Å². The topological polar surface area (TPSA) is 47.0 Å². The number of hydrogen-bond acceptors (Lipinski definition) is 4. The van der Waals surface area contributed by atoms with Gasteiger partial charge in [0.2, 0.25) is 5.88 Å². The predicted octanol–water partition coefficient (Wildman–Crippen LogP) is 3.65. The summed E-state index contributed by atoms with van der Waals surface area (Å²) in [6.07, 6.45) is 5.38. The molecule has 0 aliphatic rings. The minimum atomic E-state index is 0.505. The largest absolute Gasteiger partial charge is 0.437 e. The molecule has 4 nitrogen and oxygen atoms in total. The lowest BCUT2D eigenvalue weighted by molar-refractivity contribution is 0.460. The SMILES string of the molecule is CCCNc1cncc(Oc2ccc(CC)cc2)n1. The molecule has 0 atom stereocenters. The Balaban J connectivity index is 2.05. The molecule has 1 N–H and O–H groups in total. The van der Waals surface area contributed by atoms with Crippen molar-refractivity contribution in [3.8, 4) is 11.6 Å². The lowest BCUT2D eigenvalue weighted by atomic mass is 10.2. The average molecular weight is 257 g/mol. The highest BCUT2D eigenvalue weighted by atomic mass is 16.5. The van der Waals surface area contributed by atoms with E-state index >= 15 is 0 Å². The van der Waals surface area contributed by atoms with E-state index in [-0.39, 0.29) is 0 Å². The highest BCUT2D eigenvalue weighted by Crippen LogP contribution is 2.20. The number of aryl methyl sites for hydroxylation is 1. The summed E-state index contributed by atoms with van der Waals surface area (Å²) < 4.78 is 5.68. The number of ether oxygens (including phenoxy) is 1. The minimum Gasteiger partial charge on any atom is -0.437 e. The minimum absolute atomic E-state index is 0.505. The summed E-state index contributed by atoms with van der Waals surface area (Å²) in [7, 11) is 0. The van der Waals surface area contributed by atoms with E-state index in [4.69, 9.17) is 4.74 Å². The number of nitrogens with zero attached hydrogens (tertiary/aromatic N) is 2. The second-order valence-corrected chi connectivity index (χ2v) is 4.27. The molecule has 0 fully saturated rings. The summed E-state index contributed by atoms with van der Waals surface area (Å²) in [5.74, 6) is 2.02. The molecule has 0 radical (unpaired) electrons. The zero-order valence-corrected chi connectivity index (χ0v) is 11.4. The van der Waals surface area contributed by atoms with Crippen molar-refractivity contribution in [3.05, 3.63) is 42.2 Å². The summed E-state index contributed by atoms with van der Waals surface area (Å²) in [5.41, 5.74) is 1.29. The third kappa shape index (κ3) is 3.95. The van der Waals surface area contributed by atoms with Gasteiger partial charge in [-0.2, -0.15) is 4.98 Å². The molecule has 0 aliphatic heterocycles. The van der Waals surface area contributed by atoms with Crippen molar-refractivity contribution in [1.29, 1.82) is 0 Å². The molecule has 4 heteroatoms.